The van der Waals surface area contributed by atoms with Crippen molar-refractivity contribution in [3.05, 3.63) is 88.7 Å². The molecule has 1 amide bonds. The van der Waals surface area contributed by atoms with E-state index in [-0.39, 0.29) is 28.3 Å². The molecule has 0 unspecified atom stereocenters. The Morgan fingerprint density at radius 3 is 2.32 bits per heavy atom. The number of benzene rings is 3. The Labute approximate surface area is 218 Å². The number of para-hydroxylation sites is 1. The number of nitrogens with zero attached hydrogens (tertiary/aromatic N) is 3. The van der Waals surface area contributed by atoms with Crippen LogP contribution in [0.25, 0.3) is 10.2 Å². The van der Waals surface area contributed by atoms with Crippen molar-refractivity contribution in [3.8, 4) is 5.75 Å². The minimum absolute atomic E-state index is 0.0647. The summed E-state index contributed by atoms with van der Waals surface area (Å²) in [7, 11) is 0.543. The fourth-order valence-electron chi connectivity index (χ4n) is 3.71. The molecule has 4 aromatic rings. The van der Waals surface area contributed by atoms with Crippen molar-refractivity contribution in [2.45, 2.75) is 18.0 Å². The van der Waals surface area contributed by atoms with Crippen LogP contribution in [0, 0.1) is 0 Å². The van der Waals surface area contributed by atoms with Gasteiger partial charge in [0.05, 0.1) is 23.8 Å². The zero-order valence-electron chi connectivity index (χ0n) is 20.5. The highest BCUT2D eigenvalue weighted by Gasteiger charge is 2.21. The molecule has 0 saturated carbocycles. The van der Waals surface area contributed by atoms with Gasteiger partial charge in [-0.1, -0.05) is 47.7 Å². The number of ether oxygens (including phenoxy) is 2. The molecule has 9 nitrogen and oxygen atoms in total. The first-order valence-corrected chi connectivity index (χ1v) is 13.4. The molecule has 1 aromatic heterocycles. The Morgan fingerprint density at radius 1 is 0.973 bits per heavy atom. The summed E-state index contributed by atoms with van der Waals surface area (Å²) in [4.78, 5) is 29.7. The van der Waals surface area contributed by atoms with E-state index in [0.717, 1.165) is 10.3 Å². The lowest BCUT2D eigenvalue weighted by atomic mass is 10.2. The van der Waals surface area contributed by atoms with E-state index >= 15 is 0 Å². The lowest BCUT2D eigenvalue weighted by Gasteiger charge is -2.17. The fourth-order valence-corrected chi connectivity index (χ4v) is 5.92. The second-order valence-corrected chi connectivity index (χ2v) is 11.1. The number of thiazole rings is 1. The molecule has 0 aliphatic rings. The van der Waals surface area contributed by atoms with Crippen LogP contribution in [0.1, 0.15) is 15.9 Å². The first-order valence-electron chi connectivity index (χ1n) is 11.2. The minimum Gasteiger partial charge on any atom is -0.495 e. The number of esters is 1. The lowest BCUT2D eigenvalue weighted by molar-refractivity contribution is -0.141. The highest BCUT2D eigenvalue weighted by atomic mass is 32.2. The molecule has 192 valence electrons. The number of carbonyl (C=O) groups excluding carboxylic acids is 2. The van der Waals surface area contributed by atoms with Gasteiger partial charge >= 0.3 is 5.97 Å². The number of hydrogen-bond donors (Lipinski definition) is 0. The highest BCUT2D eigenvalue weighted by Crippen LogP contribution is 2.27. The van der Waals surface area contributed by atoms with E-state index < -0.39 is 21.9 Å². The Balaban J connectivity index is 1.65. The van der Waals surface area contributed by atoms with Gasteiger partial charge in [0.2, 0.25) is 10.0 Å². The molecule has 0 saturated heterocycles. The third kappa shape index (κ3) is 5.63. The number of carbonyl (C=O) groups is 2. The summed E-state index contributed by atoms with van der Waals surface area (Å²) in [6.45, 7) is 0.0582. The zero-order valence-corrected chi connectivity index (χ0v) is 22.1. The van der Waals surface area contributed by atoms with Gasteiger partial charge in [0.15, 0.2) is 4.80 Å². The van der Waals surface area contributed by atoms with Gasteiger partial charge in [-0.15, -0.1) is 0 Å². The molecule has 0 radical (unpaired) electrons. The van der Waals surface area contributed by atoms with E-state index in [4.69, 9.17) is 9.47 Å². The van der Waals surface area contributed by atoms with Crippen LogP contribution in [0.5, 0.6) is 5.75 Å². The maximum absolute atomic E-state index is 13.0. The predicted molar refractivity (Wildman–Crippen MR) is 140 cm³/mol. The molecular weight excluding hydrogens is 514 g/mol. The molecular formula is C26H25N3O6S2. The quantitative estimate of drug-likeness (QED) is 0.318. The van der Waals surface area contributed by atoms with Crippen LogP contribution in [0.2, 0.25) is 0 Å². The van der Waals surface area contributed by atoms with Gasteiger partial charge in [0, 0.05) is 19.2 Å². The summed E-state index contributed by atoms with van der Waals surface area (Å²) in [6, 6.07) is 20.3. The molecule has 0 aliphatic carbocycles. The summed E-state index contributed by atoms with van der Waals surface area (Å²) >= 11 is 1.23. The molecule has 37 heavy (non-hydrogen) atoms. The second-order valence-electron chi connectivity index (χ2n) is 8.04. The smallest absolute Gasteiger partial charge is 0.325 e. The fraction of sp³-hybridized carbons (Fsp3) is 0.192. The van der Waals surface area contributed by atoms with Crippen molar-refractivity contribution in [2.75, 3.05) is 21.3 Å². The summed E-state index contributed by atoms with van der Waals surface area (Å²) in [5.74, 6) is -0.555. The van der Waals surface area contributed by atoms with Crippen molar-refractivity contribution in [1.29, 1.82) is 0 Å². The van der Waals surface area contributed by atoms with Gasteiger partial charge in [-0.05, 0) is 42.0 Å². The van der Waals surface area contributed by atoms with Gasteiger partial charge in [-0.2, -0.15) is 9.30 Å². The zero-order chi connectivity index (χ0) is 26.6. The maximum atomic E-state index is 13.0. The molecule has 4 rings (SSSR count). The molecule has 0 fully saturated rings. The average molecular weight is 540 g/mol. The van der Waals surface area contributed by atoms with Crippen molar-refractivity contribution in [2.24, 2.45) is 4.99 Å². The number of fused-ring (bicyclic) bond motifs is 1. The first kappa shape index (κ1) is 26.3. The molecule has 1 heterocycles. The van der Waals surface area contributed by atoms with Crippen LogP contribution in [0.4, 0.5) is 0 Å². The standard InChI is InChI=1S/C26H25N3O6S2/c1-28(16-18-8-5-4-6-9-18)37(32,33)20-14-12-19(13-15-20)25(31)27-26-29(17-23(30)35-3)24-21(34-2)10-7-11-22(24)36-26/h4-15H,16-17H2,1-3H3. The largest absolute Gasteiger partial charge is 0.495 e. The molecule has 0 bridgehead atoms. The van der Waals surface area contributed by atoms with Gasteiger partial charge in [0.25, 0.3) is 5.91 Å². The summed E-state index contributed by atoms with van der Waals surface area (Å²) in [5, 5.41) is 0. The van der Waals surface area contributed by atoms with Crippen molar-refractivity contribution >= 4 is 43.5 Å². The normalized spacial score (nSPS) is 12.2. The van der Waals surface area contributed by atoms with Crippen molar-refractivity contribution < 1.29 is 27.5 Å². The Kier molecular flexibility index (Phi) is 7.86. The van der Waals surface area contributed by atoms with E-state index in [1.165, 1.54) is 61.2 Å². The van der Waals surface area contributed by atoms with Gasteiger partial charge in [0.1, 0.15) is 17.8 Å². The van der Waals surface area contributed by atoms with Gasteiger partial charge < -0.3 is 14.0 Å². The van der Waals surface area contributed by atoms with Crippen LogP contribution < -0.4 is 9.54 Å². The van der Waals surface area contributed by atoms with E-state index in [1.54, 1.807) is 16.7 Å². The van der Waals surface area contributed by atoms with Crippen molar-refractivity contribution in [1.82, 2.24) is 8.87 Å². The lowest BCUT2D eigenvalue weighted by Crippen LogP contribution is -2.26. The number of aromatic nitrogens is 1. The van der Waals surface area contributed by atoms with Crippen LogP contribution in [-0.2, 0) is 32.6 Å². The average Bonchev–Trinajstić information content (AvgIpc) is 3.25. The maximum Gasteiger partial charge on any atom is 0.325 e. The van der Waals surface area contributed by atoms with Gasteiger partial charge in [-0.3, -0.25) is 9.59 Å². The molecule has 0 atom stereocenters. The third-order valence-electron chi connectivity index (χ3n) is 5.65. The number of sulfonamides is 1. The summed E-state index contributed by atoms with van der Waals surface area (Å²) in [5.41, 5.74) is 1.69. The van der Waals surface area contributed by atoms with E-state index in [0.29, 0.717) is 11.3 Å². The Bertz CT molecular complexity index is 1610. The third-order valence-corrected chi connectivity index (χ3v) is 8.51. The highest BCUT2D eigenvalue weighted by molar-refractivity contribution is 7.89. The minimum atomic E-state index is -3.76. The number of amides is 1. The van der Waals surface area contributed by atoms with Crippen LogP contribution in [-0.4, -0.2) is 50.4 Å². The Hall–Kier alpha value is -3.80. The molecule has 0 spiro atoms. The van der Waals surface area contributed by atoms with Crippen LogP contribution in [0.15, 0.2) is 82.7 Å². The SMILES string of the molecule is COC(=O)Cn1c(=NC(=O)c2ccc(S(=O)(=O)N(C)Cc3ccccc3)cc2)sc2cccc(OC)c21. The van der Waals surface area contributed by atoms with E-state index in [1.807, 2.05) is 36.4 Å². The summed E-state index contributed by atoms with van der Waals surface area (Å²) < 4.78 is 39.9. The molecule has 0 aliphatic heterocycles. The molecule has 3 aromatic carbocycles. The number of methoxy groups -OCH3 is 2. The topological polar surface area (TPSA) is 107 Å². The van der Waals surface area contributed by atoms with Crippen LogP contribution >= 0.6 is 11.3 Å². The number of hydrogen-bond acceptors (Lipinski definition) is 7. The Morgan fingerprint density at radius 2 is 1.68 bits per heavy atom. The predicted octanol–water partition coefficient (Wildman–Crippen LogP) is 3.45. The molecule has 11 heteroatoms. The first-order chi connectivity index (χ1) is 17.7. The number of rotatable bonds is 8. The summed E-state index contributed by atoms with van der Waals surface area (Å²) in [6.07, 6.45) is 0. The van der Waals surface area contributed by atoms with E-state index in [2.05, 4.69) is 4.99 Å². The van der Waals surface area contributed by atoms with Crippen molar-refractivity contribution in [3.63, 3.8) is 0 Å². The molecule has 0 N–H and O–H groups in total. The monoisotopic (exact) mass is 539 g/mol. The van der Waals surface area contributed by atoms with E-state index in [9.17, 15) is 18.0 Å². The van der Waals surface area contributed by atoms with Crippen LogP contribution in [0.3, 0.4) is 0 Å². The second kappa shape index (κ2) is 11.1. The van der Waals surface area contributed by atoms with Gasteiger partial charge in [-0.25, -0.2) is 8.42 Å².